The number of hydrogen-bond acceptors (Lipinski definition) is 4. The van der Waals surface area contributed by atoms with Crippen molar-refractivity contribution in [2.45, 2.75) is 56.9 Å². The van der Waals surface area contributed by atoms with Crippen LogP contribution in [0.25, 0.3) is 11.4 Å². The maximum Gasteiger partial charge on any atom is 0.161 e. The van der Waals surface area contributed by atoms with Crippen LogP contribution >= 0.6 is 0 Å². The molecule has 1 N–H and O–H groups in total. The molecule has 4 saturated carbocycles. The summed E-state index contributed by atoms with van der Waals surface area (Å²) < 4.78 is 2.12. The summed E-state index contributed by atoms with van der Waals surface area (Å²) in [6.07, 6.45) is 15.1. The van der Waals surface area contributed by atoms with Crippen molar-refractivity contribution in [3.05, 3.63) is 60.8 Å². The zero-order valence-electron chi connectivity index (χ0n) is 18.1. The second-order valence-electron chi connectivity index (χ2n) is 10.1. The molecular formula is C26H31N5. The molecule has 4 bridgehead atoms. The van der Waals surface area contributed by atoms with Crippen LogP contribution in [-0.4, -0.2) is 26.1 Å². The van der Waals surface area contributed by atoms with Crippen LogP contribution in [0, 0.1) is 17.8 Å². The first-order valence-corrected chi connectivity index (χ1v) is 11.9. The van der Waals surface area contributed by atoms with Crippen LogP contribution in [0.4, 0.5) is 5.82 Å². The van der Waals surface area contributed by atoms with Crippen molar-refractivity contribution in [1.29, 1.82) is 0 Å². The van der Waals surface area contributed by atoms with Gasteiger partial charge < -0.3 is 9.88 Å². The molecule has 3 aromatic rings. The van der Waals surface area contributed by atoms with Crippen LogP contribution in [0.5, 0.6) is 0 Å². The number of benzene rings is 1. The van der Waals surface area contributed by atoms with Gasteiger partial charge in [0.15, 0.2) is 5.82 Å². The lowest BCUT2D eigenvalue weighted by molar-refractivity contribution is -0.00717. The molecule has 4 aliphatic rings. The second kappa shape index (κ2) is 7.77. The van der Waals surface area contributed by atoms with Gasteiger partial charge in [-0.2, -0.15) is 0 Å². The molecule has 5 nitrogen and oxygen atoms in total. The van der Waals surface area contributed by atoms with Gasteiger partial charge in [-0.15, -0.1) is 0 Å². The third kappa shape index (κ3) is 3.75. The number of aryl methyl sites for hydroxylation is 1. The van der Waals surface area contributed by atoms with E-state index in [2.05, 4.69) is 51.3 Å². The van der Waals surface area contributed by atoms with Gasteiger partial charge in [-0.25, -0.2) is 15.0 Å². The Balaban J connectivity index is 1.28. The van der Waals surface area contributed by atoms with Gasteiger partial charge in [0.2, 0.25) is 0 Å². The minimum atomic E-state index is 0.272. The summed E-state index contributed by atoms with van der Waals surface area (Å²) in [7, 11) is 0. The minimum absolute atomic E-state index is 0.272. The van der Waals surface area contributed by atoms with Crippen LogP contribution in [0.1, 0.15) is 50.6 Å². The van der Waals surface area contributed by atoms with Crippen molar-refractivity contribution >= 4 is 5.82 Å². The van der Waals surface area contributed by atoms with Crippen molar-refractivity contribution in [3.63, 3.8) is 0 Å². The van der Waals surface area contributed by atoms with Gasteiger partial charge in [0.25, 0.3) is 0 Å². The van der Waals surface area contributed by atoms with Crippen LogP contribution in [0.15, 0.2) is 55.1 Å². The summed E-state index contributed by atoms with van der Waals surface area (Å²) in [6, 6.07) is 12.7. The topological polar surface area (TPSA) is 55.6 Å². The molecule has 0 aliphatic heterocycles. The molecule has 4 aliphatic carbocycles. The van der Waals surface area contributed by atoms with E-state index in [1.54, 1.807) is 0 Å². The molecule has 0 unspecified atom stereocenters. The van der Waals surface area contributed by atoms with E-state index < -0.39 is 0 Å². The highest BCUT2D eigenvalue weighted by molar-refractivity contribution is 5.58. The van der Waals surface area contributed by atoms with Gasteiger partial charge in [0, 0.05) is 42.5 Å². The Labute approximate surface area is 184 Å². The van der Waals surface area contributed by atoms with Crippen molar-refractivity contribution < 1.29 is 0 Å². The van der Waals surface area contributed by atoms with Crippen molar-refractivity contribution in [1.82, 2.24) is 19.5 Å². The molecule has 5 heteroatoms. The van der Waals surface area contributed by atoms with E-state index >= 15 is 0 Å². The van der Waals surface area contributed by atoms with Crippen molar-refractivity contribution in [3.8, 4) is 11.4 Å². The molecule has 2 aromatic heterocycles. The van der Waals surface area contributed by atoms with Gasteiger partial charge in [-0.1, -0.05) is 30.3 Å². The second-order valence-corrected chi connectivity index (χ2v) is 10.1. The number of nitrogens with one attached hydrogen (secondary N) is 1. The molecular weight excluding hydrogens is 382 g/mol. The molecule has 0 atom stereocenters. The monoisotopic (exact) mass is 413 g/mol. The highest BCUT2D eigenvalue weighted by atomic mass is 15.0. The maximum atomic E-state index is 5.20. The average Bonchev–Trinajstić information content (AvgIpc) is 3.30. The molecule has 31 heavy (non-hydrogen) atoms. The fourth-order valence-corrected chi connectivity index (χ4v) is 6.85. The van der Waals surface area contributed by atoms with Crippen LogP contribution in [-0.2, 0) is 12.0 Å². The number of hydrogen-bond donors (Lipinski definition) is 1. The molecule has 1 aromatic carbocycles. The molecule has 0 saturated heterocycles. The first-order chi connectivity index (χ1) is 15.3. The zero-order chi connectivity index (χ0) is 20.7. The maximum absolute atomic E-state index is 5.20. The number of anilines is 1. The van der Waals surface area contributed by atoms with Crippen LogP contribution < -0.4 is 5.32 Å². The van der Waals surface area contributed by atoms with Gasteiger partial charge >= 0.3 is 0 Å². The van der Waals surface area contributed by atoms with Gasteiger partial charge in [-0.3, -0.25) is 0 Å². The normalized spacial score (nSPS) is 28.7. The van der Waals surface area contributed by atoms with E-state index in [4.69, 9.17) is 9.97 Å². The Hall–Kier alpha value is -2.69. The van der Waals surface area contributed by atoms with Gasteiger partial charge in [0.1, 0.15) is 5.82 Å². The standard InChI is InChI=1S/C26H31N5/c1-2-5-22(6-3-1)25-29-23(26-15-19-11-20(16-26)13-21(12-19)17-26)14-24(30-25)28-7-4-9-31-10-8-27-18-31/h1-3,5-6,8,10,14,18-21H,4,7,9,11-13,15-17H2,(H,28,29,30). The van der Waals surface area contributed by atoms with E-state index in [1.807, 2.05) is 18.7 Å². The van der Waals surface area contributed by atoms with Crippen LogP contribution in [0.2, 0.25) is 0 Å². The summed E-state index contributed by atoms with van der Waals surface area (Å²) >= 11 is 0. The molecule has 2 heterocycles. The molecule has 0 amide bonds. The van der Waals surface area contributed by atoms with E-state index in [1.165, 1.54) is 44.2 Å². The summed E-state index contributed by atoms with van der Waals surface area (Å²) in [5.41, 5.74) is 2.67. The summed E-state index contributed by atoms with van der Waals surface area (Å²) in [6.45, 7) is 1.86. The highest BCUT2D eigenvalue weighted by Crippen LogP contribution is 2.60. The van der Waals surface area contributed by atoms with Gasteiger partial charge in [-0.05, 0) is 62.7 Å². The Morgan fingerprint density at radius 1 is 0.968 bits per heavy atom. The smallest absolute Gasteiger partial charge is 0.161 e. The zero-order valence-corrected chi connectivity index (χ0v) is 18.1. The lowest BCUT2D eigenvalue weighted by atomic mass is 9.49. The number of nitrogens with zero attached hydrogens (tertiary/aromatic N) is 4. The molecule has 0 spiro atoms. The third-order valence-corrected chi connectivity index (χ3v) is 7.80. The third-order valence-electron chi connectivity index (χ3n) is 7.80. The Kier molecular flexibility index (Phi) is 4.77. The first-order valence-electron chi connectivity index (χ1n) is 11.9. The molecule has 0 radical (unpaired) electrons. The van der Waals surface area contributed by atoms with E-state index in [0.717, 1.165) is 54.5 Å². The Morgan fingerprint density at radius 3 is 2.39 bits per heavy atom. The number of imidazole rings is 1. The number of aromatic nitrogens is 4. The predicted octanol–water partition coefficient (Wildman–Crippen LogP) is 5.31. The lowest BCUT2D eigenvalue weighted by Gasteiger charge is -2.56. The highest BCUT2D eigenvalue weighted by Gasteiger charge is 2.52. The molecule has 160 valence electrons. The molecule has 7 rings (SSSR count). The summed E-state index contributed by atoms with van der Waals surface area (Å²) in [5.74, 6) is 4.57. The Morgan fingerprint density at radius 2 is 1.71 bits per heavy atom. The van der Waals surface area contributed by atoms with E-state index in [9.17, 15) is 0 Å². The first kappa shape index (κ1) is 19.0. The fraction of sp³-hybridized carbons (Fsp3) is 0.500. The van der Waals surface area contributed by atoms with Crippen molar-refractivity contribution in [2.75, 3.05) is 11.9 Å². The summed E-state index contributed by atoms with van der Waals surface area (Å²) in [5, 5.41) is 3.60. The van der Waals surface area contributed by atoms with Crippen LogP contribution in [0.3, 0.4) is 0 Å². The van der Waals surface area contributed by atoms with Crippen molar-refractivity contribution in [2.24, 2.45) is 17.8 Å². The molecule has 4 fully saturated rings. The number of rotatable bonds is 7. The SMILES string of the molecule is c1ccc(-c2nc(NCCCn3ccnc3)cc(C34CC5CC(CC(C5)C3)C4)n2)cc1. The lowest BCUT2D eigenvalue weighted by Crippen LogP contribution is -2.49. The average molecular weight is 414 g/mol. The Bertz CT molecular complexity index is 992. The van der Waals surface area contributed by atoms with Gasteiger partial charge in [0.05, 0.1) is 12.0 Å². The quantitative estimate of drug-likeness (QED) is 0.533. The fourth-order valence-electron chi connectivity index (χ4n) is 6.85. The van der Waals surface area contributed by atoms with E-state index in [-0.39, 0.29) is 5.41 Å². The minimum Gasteiger partial charge on any atom is -0.370 e. The predicted molar refractivity (Wildman–Crippen MR) is 123 cm³/mol. The summed E-state index contributed by atoms with van der Waals surface area (Å²) in [4.78, 5) is 14.3. The largest absolute Gasteiger partial charge is 0.370 e. The van der Waals surface area contributed by atoms with E-state index in [0.29, 0.717) is 0 Å².